The van der Waals surface area contributed by atoms with Gasteiger partial charge < -0.3 is 9.88 Å². The Hall–Kier alpha value is -1.25. The first-order chi connectivity index (χ1) is 11.2. The first-order valence-corrected chi connectivity index (χ1v) is 9.02. The van der Waals surface area contributed by atoms with Crippen molar-refractivity contribution in [2.45, 2.75) is 44.3 Å². The highest BCUT2D eigenvalue weighted by molar-refractivity contribution is 14.1. The van der Waals surface area contributed by atoms with Crippen LogP contribution < -0.4 is 10.5 Å². The van der Waals surface area contributed by atoms with E-state index < -0.39 is 17.3 Å². The van der Waals surface area contributed by atoms with Crippen molar-refractivity contribution >= 4 is 39.2 Å². The molecule has 1 aromatic carbocycles. The molecule has 0 amide bonds. The Labute approximate surface area is 150 Å². The number of nitrogens with zero attached hydrogens (tertiary/aromatic N) is 1. The predicted octanol–water partition coefficient (Wildman–Crippen LogP) is 4.46. The number of aromatic nitrogens is 1. The number of pyridine rings is 1. The van der Waals surface area contributed by atoms with Crippen LogP contribution >= 0.6 is 22.6 Å². The summed E-state index contributed by atoms with van der Waals surface area (Å²) >= 11 is 1.49. The molecule has 1 fully saturated rings. The molecule has 4 rings (SSSR count). The highest BCUT2D eigenvalue weighted by Gasteiger charge is 2.41. The van der Waals surface area contributed by atoms with E-state index in [0.717, 1.165) is 43.5 Å². The summed E-state index contributed by atoms with van der Waals surface area (Å²) in [6, 6.07) is 3.36. The SMILES string of the molecule is CC12CCCN1c1cc3[nH]c(=O)c(I)c(C(F)(F)F)c3cc1CC2. The highest BCUT2D eigenvalue weighted by atomic mass is 127. The molecule has 3 nitrogen and oxygen atoms in total. The predicted molar refractivity (Wildman–Crippen MR) is 95.6 cm³/mol. The Morgan fingerprint density at radius 3 is 2.75 bits per heavy atom. The van der Waals surface area contributed by atoms with Gasteiger partial charge in [-0.15, -0.1) is 0 Å². The summed E-state index contributed by atoms with van der Waals surface area (Å²) in [6.45, 7) is 3.13. The van der Waals surface area contributed by atoms with Gasteiger partial charge in [0.1, 0.15) is 0 Å². The summed E-state index contributed by atoms with van der Waals surface area (Å²) in [4.78, 5) is 16.9. The lowest BCUT2D eigenvalue weighted by Gasteiger charge is -2.42. The fourth-order valence-corrected chi connectivity index (χ4v) is 4.91. The summed E-state index contributed by atoms with van der Waals surface area (Å²) in [5, 5.41) is 0.0908. The molecule has 2 aliphatic heterocycles. The Bertz CT molecular complexity index is 905. The molecule has 3 heterocycles. The zero-order chi connectivity index (χ0) is 17.3. The number of halogens is 4. The smallest absolute Gasteiger partial charge is 0.366 e. The van der Waals surface area contributed by atoms with Gasteiger partial charge in [0, 0.05) is 23.2 Å². The lowest BCUT2D eigenvalue weighted by Crippen LogP contribution is -2.44. The molecule has 0 aliphatic carbocycles. The molecule has 7 heteroatoms. The van der Waals surface area contributed by atoms with Gasteiger partial charge in [0.25, 0.3) is 5.56 Å². The molecule has 2 aliphatic rings. The number of aryl methyl sites for hydroxylation is 1. The van der Waals surface area contributed by atoms with Crippen LogP contribution in [0.5, 0.6) is 0 Å². The zero-order valence-corrected chi connectivity index (χ0v) is 15.2. The van der Waals surface area contributed by atoms with Gasteiger partial charge in [0.15, 0.2) is 0 Å². The summed E-state index contributed by atoms with van der Waals surface area (Å²) < 4.78 is 40.2. The summed E-state index contributed by atoms with van der Waals surface area (Å²) in [7, 11) is 0. The van der Waals surface area contributed by atoms with Gasteiger partial charge in [0.2, 0.25) is 0 Å². The lowest BCUT2D eigenvalue weighted by atomic mass is 9.85. The second-order valence-corrected chi connectivity index (χ2v) is 8.00. The molecular formula is C17H16F3IN2O. The van der Waals surface area contributed by atoms with Crippen LogP contribution in [0.15, 0.2) is 16.9 Å². The fourth-order valence-electron chi connectivity index (χ4n) is 4.18. The van der Waals surface area contributed by atoms with E-state index in [1.54, 1.807) is 12.1 Å². The topological polar surface area (TPSA) is 36.1 Å². The maximum absolute atomic E-state index is 13.5. The van der Waals surface area contributed by atoms with Gasteiger partial charge >= 0.3 is 6.18 Å². The second kappa shape index (κ2) is 5.12. The Morgan fingerprint density at radius 1 is 1.29 bits per heavy atom. The van der Waals surface area contributed by atoms with Gasteiger partial charge in [-0.25, -0.2) is 0 Å². The summed E-state index contributed by atoms with van der Waals surface area (Å²) in [5.41, 5.74) is 0.753. The van der Waals surface area contributed by atoms with Crippen LogP contribution in [-0.2, 0) is 12.6 Å². The van der Waals surface area contributed by atoms with Crippen LogP contribution in [0, 0.1) is 3.57 Å². The van der Waals surface area contributed by atoms with Crippen molar-refractivity contribution in [3.05, 3.63) is 37.2 Å². The van der Waals surface area contributed by atoms with Gasteiger partial charge in [-0.3, -0.25) is 4.79 Å². The standard InChI is InChI=1S/C17H16F3IN2O/c1-16-4-2-6-23(16)12-8-11-10(7-9(12)3-5-16)13(17(18,19)20)14(21)15(24)22-11/h7-8H,2-6H2,1H3,(H,22,24). The van der Waals surface area contributed by atoms with Crippen molar-refractivity contribution in [2.24, 2.45) is 0 Å². The van der Waals surface area contributed by atoms with Crippen molar-refractivity contribution in [1.29, 1.82) is 0 Å². The van der Waals surface area contributed by atoms with E-state index in [-0.39, 0.29) is 20.0 Å². The van der Waals surface area contributed by atoms with Crippen LogP contribution in [0.25, 0.3) is 10.9 Å². The third-order valence-corrected chi connectivity index (χ3v) is 6.44. The van der Waals surface area contributed by atoms with Crippen LogP contribution in [0.4, 0.5) is 18.9 Å². The van der Waals surface area contributed by atoms with Crippen molar-refractivity contribution in [3.8, 4) is 0 Å². The number of alkyl halides is 3. The highest BCUT2D eigenvalue weighted by Crippen LogP contribution is 2.45. The molecule has 2 aromatic rings. The molecule has 1 atom stereocenters. The number of hydrogen-bond donors (Lipinski definition) is 1. The van der Waals surface area contributed by atoms with Crippen LogP contribution in [0.1, 0.15) is 37.3 Å². The Balaban J connectivity index is 2.02. The van der Waals surface area contributed by atoms with E-state index in [4.69, 9.17) is 0 Å². The molecular weight excluding hydrogens is 432 g/mol. The maximum Gasteiger partial charge on any atom is 0.418 e. The van der Waals surface area contributed by atoms with E-state index in [2.05, 4.69) is 16.8 Å². The van der Waals surface area contributed by atoms with Gasteiger partial charge in [-0.05, 0) is 72.9 Å². The summed E-state index contributed by atoms with van der Waals surface area (Å²) in [5.74, 6) is 0. The van der Waals surface area contributed by atoms with Crippen LogP contribution in [0.2, 0.25) is 0 Å². The molecule has 1 N–H and O–H groups in total. The molecule has 24 heavy (non-hydrogen) atoms. The first kappa shape index (κ1) is 16.2. The average Bonchev–Trinajstić information content (AvgIpc) is 2.88. The third-order valence-electron chi connectivity index (χ3n) is 5.41. The number of nitrogens with one attached hydrogen (secondary N) is 1. The fraction of sp³-hybridized carbons (Fsp3) is 0.471. The monoisotopic (exact) mass is 448 g/mol. The van der Waals surface area contributed by atoms with Crippen LogP contribution in [0.3, 0.4) is 0 Å². The van der Waals surface area contributed by atoms with Gasteiger partial charge in [-0.2, -0.15) is 13.2 Å². The van der Waals surface area contributed by atoms with Crippen LogP contribution in [-0.4, -0.2) is 17.1 Å². The Kier molecular flexibility index (Phi) is 3.47. The molecule has 0 spiro atoms. The van der Waals surface area contributed by atoms with Gasteiger partial charge in [-0.1, -0.05) is 0 Å². The normalized spacial score (nSPS) is 23.5. The molecule has 1 unspecified atom stereocenters. The minimum absolute atomic E-state index is 0.0804. The van der Waals surface area contributed by atoms with Crippen molar-refractivity contribution < 1.29 is 13.2 Å². The van der Waals surface area contributed by atoms with Crippen molar-refractivity contribution in [2.75, 3.05) is 11.4 Å². The van der Waals surface area contributed by atoms with Crippen molar-refractivity contribution in [3.63, 3.8) is 0 Å². The maximum atomic E-state index is 13.5. The zero-order valence-electron chi connectivity index (χ0n) is 13.1. The summed E-state index contributed by atoms with van der Waals surface area (Å²) in [6.07, 6.45) is -0.640. The number of benzene rings is 1. The van der Waals surface area contributed by atoms with Gasteiger partial charge in [0.05, 0.1) is 14.7 Å². The minimum atomic E-state index is -4.55. The number of rotatable bonds is 0. The number of anilines is 1. The molecule has 0 radical (unpaired) electrons. The largest absolute Gasteiger partial charge is 0.418 e. The molecule has 128 valence electrons. The Morgan fingerprint density at radius 2 is 2.04 bits per heavy atom. The number of fused-ring (bicyclic) bond motifs is 4. The third kappa shape index (κ3) is 2.27. The van der Waals surface area contributed by atoms with E-state index in [0.29, 0.717) is 0 Å². The van der Waals surface area contributed by atoms with E-state index in [1.807, 2.05) is 0 Å². The molecule has 0 bridgehead atoms. The number of H-pyrrole nitrogens is 1. The lowest BCUT2D eigenvalue weighted by molar-refractivity contribution is -0.137. The molecule has 0 saturated carbocycles. The minimum Gasteiger partial charge on any atom is -0.366 e. The quantitative estimate of drug-likeness (QED) is 0.605. The van der Waals surface area contributed by atoms with E-state index in [1.165, 1.54) is 22.6 Å². The molecule has 1 aromatic heterocycles. The average molecular weight is 448 g/mol. The number of aromatic amines is 1. The first-order valence-electron chi connectivity index (χ1n) is 7.94. The second-order valence-electron chi connectivity index (χ2n) is 6.92. The molecule has 1 saturated heterocycles. The van der Waals surface area contributed by atoms with E-state index >= 15 is 0 Å². The number of hydrogen-bond acceptors (Lipinski definition) is 2. The van der Waals surface area contributed by atoms with Crippen molar-refractivity contribution in [1.82, 2.24) is 4.98 Å². The van der Waals surface area contributed by atoms with E-state index in [9.17, 15) is 18.0 Å².